The monoisotopic (exact) mass is 550 g/mol. The van der Waals surface area contributed by atoms with Gasteiger partial charge in [0.25, 0.3) is 5.91 Å². The Hall–Kier alpha value is -4.29. The summed E-state index contributed by atoms with van der Waals surface area (Å²) in [5.74, 6) is -0.140. The average Bonchev–Trinajstić information content (AvgIpc) is 2.87. The number of ether oxygens (including phenoxy) is 3. The number of carboxylic acid groups (broad SMARTS) is 1. The zero-order valence-corrected chi connectivity index (χ0v) is 21.2. The molecule has 0 aliphatic heterocycles. The minimum atomic E-state index is -1.00. The van der Waals surface area contributed by atoms with Crippen LogP contribution in [0, 0.1) is 11.3 Å². The van der Waals surface area contributed by atoms with E-state index in [2.05, 4.69) is 21.2 Å². The van der Waals surface area contributed by atoms with Gasteiger partial charge in [0.1, 0.15) is 24.0 Å². The van der Waals surface area contributed by atoms with Gasteiger partial charge in [-0.2, -0.15) is 5.26 Å². The summed E-state index contributed by atoms with van der Waals surface area (Å²) in [5, 5.41) is 21.3. The van der Waals surface area contributed by atoms with Crippen molar-refractivity contribution >= 4 is 39.6 Å². The smallest absolute Gasteiger partial charge is 0.335 e. The van der Waals surface area contributed by atoms with Gasteiger partial charge in [0.05, 0.1) is 23.8 Å². The van der Waals surface area contributed by atoms with Crippen molar-refractivity contribution in [2.24, 2.45) is 0 Å². The largest absolute Gasteiger partial charge is 0.494 e. The Morgan fingerprint density at radius 3 is 2.50 bits per heavy atom. The Kier molecular flexibility index (Phi) is 9.08. The van der Waals surface area contributed by atoms with E-state index in [4.69, 9.17) is 19.3 Å². The number of methoxy groups -OCH3 is 1. The molecule has 0 aromatic heterocycles. The van der Waals surface area contributed by atoms with E-state index in [-0.39, 0.29) is 17.7 Å². The molecule has 0 saturated heterocycles. The number of halogens is 1. The first-order valence-electron chi connectivity index (χ1n) is 10.8. The number of amides is 1. The quantitative estimate of drug-likeness (QED) is 0.246. The lowest BCUT2D eigenvalue weighted by Crippen LogP contribution is -2.13. The van der Waals surface area contributed by atoms with Crippen LogP contribution in [0.25, 0.3) is 6.08 Å². The molecule has 3 aromatic rings. The Bertz CT molecular complexity index is 1330. The van der Waals surface area contributed by atoms with Crippen LogP contribution < -0.4 is 19.5 Å². The van der Waals surface area contributed by atoms with E-state index in [1.807, 2.05) is 13.0 Å². The van der Waals surface area contributed by atoms with Gasteiger partial charge < -0.3 is 24.6 Å². The molecule has 36 heavy (non-hydrogen) atoms. The standard InChI is InChI=1S/C27H23BrN2O6/c1-3-35-22-6-4-5-21(14-22)30-26(31)20(15-29)11-18-12-23(28)25(24(13-18)34-2)36-16-17-7-9-19(10-8-17)27(32)33/h4-14H,3,16H2,1-2H3,(H,30,31)(H,32,33)/b20-11-. The fraction of sp³-hybridized carbons (Fsp3) is 0.148. The van der Waals surface area contributed by atoms with Gasteiger partial charge in [-0.05, 0) is 76.5 Å². The van der Waals surface area contributed by atoms with Gasteiger partial charge >= 0.3 is 5.97 Å². The van der Waals surface area contributed by atoms with Crippen molar-refractivity contribution in [1.82, 2.24) is 0 Å². The zero-order chi connectivity index (χ0) is 26.1. The van der Waals surface area contributed by atoms with Crippen LogP contribution in [-0.2, 0) is 11.4 Å². The van der Waals surface area contributed by atoms with Crippen LogP contribution >= 0.6 is 15.9 Å². The highest BCUT2D eigenvalue weighted by molar-refractivity contribution is 9.10. The van der Waals surface area contributed by atoms with Crippen LogP contribution in [0.4, 0.5) is 5.69 Å². The summed E-state index contributed by atoms with van der Waals surface area (Å²) >= 11 is 3.46. The predicted octanol–water partition coefficient (Wildman–Crippen LogP) is 5.68. The van der Waals surface area contributed by atoms with Gasteiger partial charge in [-0.1, -0.05) is 18.2 Å². The summed E-state index contributed by atoms with van der Waals surface area (Å²) in [7, 11) is 1.48. The summed E-state index contributed by atoms with van der Waals surface area (Å²) in [5.41, 5.74) is 1.92. The van der Waals surface area contributed by atoms with E-state index in [0.29, 0.717) is 39.6 Å². The van der Waals surface area contributed by atoms with Crippen LogP contribution in [0.5, 0.6) is 17.2 Å². The van der Waals surface area contributed by atoms with Gasteiger partial charge in [0.15, 0.2) is 11.5 Å². The van der Waals surface area contributed by atoms with Crippen LogP contribution in [0.2, 0.25) is 0 Å². The van der Waals surface area contributed by atoms with E-state index >= 15 is 0 Å². The number of nitrogens with zero attached hydrogens (tertiary/aromatic N) is 1. The van der Waals surface area contributed by atoms with Crippen molar-refractivity contribution in [2.45, 2.75) is 13.5 Å². The lowest BCUT2D eigenvalue weighted by molar-refractivity contribution is -0.112. The van der Waals surface area contributed by atoms with Gasteiger partial charge in [0.2, 0.25) is 0 Å². The number of hydrogen-bond acceptors (Lipinski definition) is 6. The molecule has 0 spiro atoms. The number of benzene rings is 3. The predicted molar refractivity (Wildman–Crippen MR) is 138 cm³/mol. The maximum atomic E-state index is 12.7. The van der Waals surface area contributed by atoms with Crippen molar-refractivity contribution in [3.63, 3.8) is 0 Å². The first kappa shape index (κ1) is 26.3. The number of carbonyl (C=O) groups excluding carboxylic acids is 1. The van der Waals surface area contributed by atoms with Crippen molar-refractivity contribution < 1.29 is 28.9 Å². The molecular formula is C27H23BrN2O6. The normalized spacial score (nSPS) is 10.8. The lowest BCUT2D eigenvalue weighted by Gasteiger charge is -2.14. The lowest BCUT2D eigenvalue weighted by atomic mass is 10.1. The van der Waals surface area contributed by atoms with Gasteiger partial charge in [-0.15, -0.1) is 0 Å². The average molecular weight is 551 g/mol. The van der Waals surface area contributed by atoms with Gasteiger partial charge in [-0.25, -0.2) is 4.79 Å². The second-order valence-electron chi connectivity index (χ2n) is 7.41. The third-order valence-corrected chi connectivity index (χ3v) is 5.50. The molecule has 0 bridgehead atoms. The SMILES string of the molecule is CCOc1cccc(NC(=O)/C(C#N)=C\c2cc(Br)c(OCc3ccc(C(=O)O)cc3)c(OC)c2)c1. The molecule has 0 radical (unpaired) electrons. The molecule has 0 saturated carbocycles. The molecular weight excluding hydrogens is 528 g/mol. The summed E-state index contributed by atoms with van der Waals surface area (Å²) in [6.07, 6.45) is 1.45. The van der Waals surface area contributed by atoms with E-state index in [1.165, 1.54) is 25.3 Å². The number of anilines is 1. The molecule has 3 aromatic carbocycles. The van der Waals surface area contributed by atoms with Crippen LogP contribution in [0.3, 0.4) is 0 Å². The molecule has 0 aliphatic carbocycles. The molecule has 0 aliphatic rings. The van der Waals surface area contributed by atoms with E-state index < -0.39 is 11.9 Å². The number of nitriles is 1. The number of hydrogen-bond donors (Lipinski definition) is 2. The molecule has 0 heterocycles. The Balaban J connectivity index is 1.78. The van der Waals surface area contributed by atoms with Crippen molar-refractivity contribution in [3.8, 4) is 23.3 Å². The summed E-state index contributed by atoms with van der Waals surface area (Å²) in [6.45, 7) is 2.54. The fourth-order valence-corrected chi connectivity index (χ4v) is 3.78. The van der Waals surface area contributed by atoms with Crippen LogP contribution in [-0.4, -0.2) is 30.7 Å². The van der Waals surface area contributed by atoms with Gasteiger partial charge in [0, 0.05) is 11.8 Å². The number of carbonyl (C=O) groups is 2. The van der Waals surface area contributed by atoms with Crippen LogP contribution in [0.15, 0.2) is 70.7 Å². The molecule has 9 heteroatoms. The number of rotatable bonds is 10. The minimum Gasteiger partial charge on any atom is -0.494 e. The highest BCUT2D eigenvalue weighted by Crippen LogP contribution is 2.38. The summed E-state index contributed by atoms with van der Waals surface area (Å²) in [4.78, 5) is 23.7. The highest BCUT2D eigenvalue weighted by Gasteiger charge is 2.15. The first-order chi connectivity index (χ1) is 17.3. The first-order valence-corrected chi connectivity index (χ1v) is 11.6. The molecule has 2 N–H and O–H groups in total. The van der Waals surface area contributed by atoms with E-state index in [9.17, 15) is 14.9 Å². The Labute approximate surface area is 216 Å². The minimum absolute atomic E-state index is 0.0991. The molecule has 0 atom stereocenters. The number of nitrogens with one attached hydrogen (secondary N) is 1. The Morgan fingerprint density at radius 2 is 1.86 bits per heavy atom. The molecule has 8 nitrogen and oxygen atoms in total. The fourth-order valence-electron chi connectivity index (χ4n) is 3.21. The molecule has 3 rings (SSSR count). The Morgan fingerprint density at radius 1 is 1.11 bits per heavy atom. The molecule has 1 amide bonds. The van der Waals surface area contributed by atoms with Crippen molar-refractivity contribution in [3.05, 3.63) is 87.4 Å². The number of carboxylic acids is 1. The maximum absolute atomic E-state index is 12.7. The maximum Gasteiger partial charge on any atom is 0.335 e. The van der Waals surface area contributed by atoms with Gasteiger partial charge in [-0.3, -0.25) is 4.79 Å². The molecule has 184 valence electrons. The molecule has 0 fully saturated rings. The zero-order valence-electron chi connectivity index (χ0n) is 19.6. The van der Waals surface area contributed by atoms with Crippen molar-refractivity contribution in [2.75, 3.05) is 19.0 Å². The van der Waals surface area contributed by atoms with Crippen LogP contribution in [0.1, 0.15) is 28.4 Å². The number of aromatic carboxylic acids is 1. The van der Waals surface area contributed by atoms with E-state index in [0.717, 1.165) is 5.56 Å². The molecule has 0 unspecified atom stereocenters. The summed E-state index contributed by atoms with van der Waals surface area (Å²) < 4.78 is 17.3. The third-order valence-electron chi connectivity index (χ3n) is 4.91. The second kappa shape index (κ2) is 12.4. The van der Waals surface area contributed by atoms with E-state index in [1.54, 1.807) is 48.5 Å². The highest BCUT2D eigenvalue weighted by atomic mass is 79.9. The summed E-state index contributed by atoms with van der Waals surface area (Å²) in [6, 6.07) is 18.5. The second-order valence-corrected chi connectivity index (χ2v) is 8.26. The third kappa shape index (κ3) is 6.87. The van der Waals surface area contributed by atoms with Crippen molar-refractivity contribution in [1.29, 1.82) is 5.26 Å². The topological polar surface area (TPSA) is 118 Å².